The average Bonchev–Trinajstić information content (AvgIpc) is 2.27. The largest absolute Gasteiger partial charge is 0.504 e. The number of carbonyl (C=O) groups is 1. The van der Waals surface area contributed by atoms with Gasteiger partial charge < -0.3 is 20.1 Å². The smallest absolute Gasteiger partial charge is 0.303 e. The molecule has 0 aromatic heterocycles. The van der Waals surface area contributed by atoms with E-state index in [0.717, 1.165) is 6.07 Å². The third-order valence-electron chi connectivity index (χ3n) is 2.31. The van der Waals surface area contributed by atoms with Crippen molar-refractivity contribution in [2.45, 2.75) is 19.3 Å². The highest BCUT2D eigenvalue weighted by Gasteiger charge is 2.18. The van der Waals surface area contributed by atoms with E-state index >= 15 is 0 Å². The van der Waals surface area contributed by atoms with Crippen LogP contribution in [-0.4, -0.2) is 28.4 Å². The van der Waals surface area contributed by atoms with Gasteiger partial charge in [0.15, 0.2) is 23.1 Å². The second kappa shape index (κ2) is 5.38. The van der Waals surface area contributed by atoms with Crippen LogP contribution >= 0.6 is 0 Å². The Morgan fingerprint density at radius 2 is 2.12 bits per heavy atom. The molecule has 0 bridgehead atoms. The Morgan fingerprint density at radius 3 is 2.65 bits per heavy atom. The zero-order chi connectivity index (χ0) is 13.0. The lowest BCUT2D eigenvalue weighted by molar-refractivity contribution is -0.137. The summed E-state index contributed by atoms with van der Waals surface area (Å²) in [5, 5.41) is 27.3. The van der Waals surface area contributed by atoms with E-state index in [1.54, 1.807) is 0 Å². The Labute approximate surface area is 97.1 Å². The third-order valence-corrected chi connectivity index (χ3v) is 2.31. The van der Waals surface area contributed by atoms with Crippen molar-refractivity contribution in [1.29, 1.82) is 0 Å². The Morgan fingerprint density at radius 1 is 1.47 bits per heavy atom. The van der Waals surface area contributed by atoms with Crippen LogP contribution < -0.4 is 4.74 Å². The summed E-state index contributed by atoms with van der Waals surface area (Å²) in [6.45, 7) is 0. The first-order chi connectivity index (χ1) is 7.97. The molecule has 0 fully saturated rings. The number of aliphatic carboxylic acids is 1. The van der Waals surface area contributed by atoms with Crippen LogP contribution in [0.2, 0.25) is 0 Å². The second-order valence-corrected chi connectivity index (χ2v) is 3.49. The second-order valence-electron chi connectivity index (χ2n) is 3.49. The fourth-order valence-corrected chi connectivity index (χ4v) is 1.46. The highest BCUT2D eigenvalue weighted by molar-refractivity contribution is 5.66. The Kier molecular flexibility index (Phi) is 4.14. The number of rotatable bonds is 5. The Hall–Kier alpha value is -1.98. The molecule has 0 aliphatic rings. The van der Waals surface area contributed by atoms with Gasteiger partial charge in [-0.25, -0.2) is 4.39 Å². The van der Waals surface area contributed by atoms with E-state index < -0.39 is 23.3 Å². The average molecular weight is 244 g/mol. The van der Waals surface area contributed by atoms with E-state index in [9.17, 15) is 19.4 Å². The van der Waals surface area contributed by atoms with Crippen molar-refractivity contribution in [3.63, 3.8) is 0 Å². The van der Waals surface area contributed by atoms with Gasteiger partial charge in [0.1, 0.15) is 0 Å². The van der Waals surface area contributed by atoms with Crippen molar-refractivity contribution in [2.75, 3.05) is 7.11 Å². The monoisotopic (exact) mass is 244 g/mol. The SMILES string of the molecule is COc1cc(O)c(O)c(CCCC(=O)O)c1F. The molecule has 94 valence electrons. The summed E-state index contributed by atoms with van der Waals surface area (Å²) in [6, 6.07) is 0.964. The molecular formula is C11H13FO5. The number of halogens is 1. The molecule has 0 saturated carbocycles. The molecule has 0 amide bonds. The van der Waals surface area contributed by atoms with Gasteiger partial charge in [-0.2, -0.15) is 0 Å². The van der Waals surface area contributed by atoms with Crippen molar-refractivity contribution in [3.05, 3.63) is 17.4 Å². The first-order valence-electron chi connectivity index (χ1n) is 4.96. The molecule has 0 aliphatic heterocycles. The summed E-state index contributed by atoms with van der Waals surface area (Å²) in [5.74, 6) is -3.04. The van der Waals surface area contributed by atoms with Gasteiger partial charge in [0.05, 0.1) is 7.11 Å². The topological polar surface area (TPSA) is 87.0 Å². The lowest BCUT2D eigenvalue weighted by Gasteiger charge is -2.10. The van der Waals surface area contributed by atoms with Gasteiger partial charge in [0.2, 0.25) is 0 Å². The standard InChI is InChI=1S/C11H13FO5/c1-17-8-5-7(13)11(16)6(10(8)12)3-2-4-9(14)15/h5,13,16H,2-4H2,1H3,(H,14,15). The number of hydrogen-bond donors (Lipinski definition) is 3. The quantitative estimate of drug-likeness (QED) is 0.685. The molecule has 3 N–H and O–H groups in total. The number of methoxy groups -OCH3 is 1. The van der Waals surface area contributed by atoms with E-state index in [0.29, 0.717) is 0 Å². The van der Waals surface area contributed by atoms with Gasteiger partial charge in [0.25, 0.3) is 0 Å². The number of aromatic hydroxyl groups is 2. The molecule has 0 spiro atoms. The molecule has 5 nitrogen and oxygen atoms in total. The molecule has 0 aliphatic carbocycles. The molecule has 0 unspecified atom stereocenters. The summed E-state index contributed by atoms with van der Waals surface area (Å²) in [6.07, 6.45) is 0.0258. The maximum absolute atomic E-state index is 13.7. The molecular weight excluding hydrogens is 231 g/mol. The molecule has 1 rings (SSSR count). The van der Waals surface area contributed by atoms with Crippen molar-refractivity contribution >= 4 is 5.97 Å². The van der Waals surface area contributed by atoms with Crippen molar-refractivity contribution in [3.8, 4) is 17.2 Å². The first-order valence-corrected chi connectivity index (χ1v) is 4.96. The molecule has 0 saturated heterocycles. The van der Waals surface area contributed by atoms with Crippen LogP contribution in [-0.2, 0) is 11.2 Å². The maximum atomic E-state index is 13.7. The van der Waals surface area contributed by atoms with Crippen molar-refractivity contribution < 1.29 is 29.2 Å². The highest BCUT2D eigenvalue weighted by Crippen LogP contribution is 2.37. The van der Waals surface area contributed by atoms with Gasteiger partial charge in [-0.3, -0.25) is 4.79 Å². The zero-order valence-electron chi connectivity index (χ0n) is 9.23. The molecule has 17 heavy (non-hydrogen) atoms. The van der Waals surface area contributed by atoms with Gasteiger partial charge in [0, 0.05) is 18.1 Å². The molecule has 6 heteroatoms. The third kappa shape index (κ3) is 2.99. The first kappa shape index (κ1) is 13.1. The number of ether oxygens (including phenoxy) is 1. The zero-order valence-corrected chi connectivity index (χ0v) is 9.23. The predicted octanol–water partition coefficient (Wildman–Crippen LogP) is 1.65. The minimum Gasteiger partial charge on any atom is -0.504 e. The van der Waals surface area contributed by atoms with E-state index in [1.807, 2.05) is 0 Å². The van der Waals surface area contributed by atoms with Gasteiger partial charge in [-0.05, 0) is 12.8 Å². The van der Waals surface area contributed by atoms with Gasteiger partial charge in [-0.1, -0.05) is 0 Å². The summed E-state index contributed by atoms with van der Waals surface area (Å²) in [4.78, 5) is 10.3. The van der Waals surface area contributed by atoms with E-state index in [4.69, 9.17) is 5.11 Å². The molecule has 1 aromatic carbocycles. The Bertz CT molecular complexity index is 430. The summed E-state index contributed by atoms with van der Waals surface area (Å²) < 4.78 is 18.4. The van der Waals surface area contributed by atoms with E-state index in [1.165, 1.54) is 7.11 Å². The lowest BCUT2D eigenvalue weighted by atomic mass is 10.1. The summed E-state index contributed by atoms with van der Waals surface area (Å²) in [7, 11) is 1.23. The van der Waals surface area contributed by atoms with Crippen LogP contribution in [0.3, 0.4) is 0 Å². The van der Waals surface area contributed by atoms with E-state index in [2.05, 4.69) is 4.74 Å². The van der Waals surface area contributed by atoms with E-state index in [-0.39, 0.29) is 30.6 Å². The molecule has 0 radical (unpaired) electrons. The summed E-state index contributed by atoms with van der Waals surface area (Å²) in [5.41, 5.74) is -0.136. The fourth-order valence-electron chi connectivity index (χ4n) is 1.46. The minimum atomic E-state index is -1.00. The number of carboxylic acids is 1. The minimum absolute atomic E-state index is 0.00866. The number of phenolic OH excluding ortho intramolecular Hbond substituents is 2. The van der Waals surface area contributed by atoms with Gasteiger partial charge >= 0.3 is 5.97 Å². The maximum Gasteiger partial charge on any atom is 0.303 e. The van der Waals surface area contributed by atoms with Gasteiger partial charge in [-0.15, -0.1) is 0 Å². The highest BCUT2D eigenvalue weighted by atomic mass is 19.1. The van der Waals surface area contributed by atoms with Crippen LogP contribution in [0.1, 0.15) is 18.4 Å². The predicted molar refractivity (Wildman–Crippen MR) is 56.9 cm³/mol. The van der Waals surface area contributed by atoms with Crippen molar-refractivity contribution in [2.24, 2.45) is 0 Å². The normalized spacial score (nSPS) is 10.2. The van der Waals surface area contributed by atoms with Crippen LogP contribution in [0.5, 0.6) is 17.2 Å². The lowest BCUT2D eigenvalue weighted by Crippen LogP contribution is -2.00. The van der Waals surface area contributed by atoms with Crippen molar-refractivity contribution in [1.82, 2.24) is 0 Å². The van der Waals surface area contributed by atoms with Crippen LogP contribution in [0.25, 0.3) is 0 Å². The van der Waals surface area contributed by atoms with Crippen LogP contribution in [0.4, 0.5) is 4.39 Å². The number of phenols is 2. The summed E-state index contributed by atoms with van der Waals surface area (Å²) >= 11 is 0. The number of hydrogen-bond acceptors (Lipinski definition) is 4. The molecule has 0 atom stereocenters. The Balaban J connectivity index is 2.96. The van der Waals surface area contributed by atoms with Crippen LogP contribution in [0.15, 0.2) is 6.07 Å². The number of benzene rings is 1. The van der Waals surface area contributed by atoms with Crippen LogP contribution in [0, 0.1) is 5.82 Å². The number of carboxylic acid groups (broad SMARTS) is 1. The molecule has 1 aromatic rings. The fraction of sp³-hybridized carbons (Fsp3) is 0.364. The molecule has 0 heterocycles.